The van der Waals surface area contributed by atoms with Crippen LogP contribution in [0.2, 0.25) is 0 Å². The summed E-state index contributed by atoms with van der Waals surface area (Å²) >= 11 is 3.22. The summed E-state index contributed by atoms with van der Waals surface area (Å²) in [5.41, 5.74) is 0. The Bertz CT molecular complexity index is 717. The number of halogens is 2. The second-order valence-corrected chi connectivity index (χ2v) is 7.20. The molecule has 9 heteroatoms. The Kier molecular flexibility index (Phi) is 4.66. The minimum Gasteiger partial charge on any atom is -0.483 e. The van der Waals surface area contributed by atoms with Crippen molar-refractivity contribution in [3.8, 4) is 5.75 Å². The van der Waals surface area contributed by atoms with Crippen molar-refractivity contribution < 1.29 is 17.7 Å². The average Bonchev–Trinajstić information content (AvgIpc) is 2.84. The van der Waals surface area contributed by atoms with Crippen LogP contribution in [0.25, 0.3) is 0 Å². The van der Waals surface area contributed by atoms with Crippen LogP contribution in [0, 0.1) is 0 Å². The topological polar surface area (TPSA) is 82.3 Å². The lowest BCUT2D eigenvalue weighted by Gasteiger charge is -2.06. The van der Waals surface area contributed by atoms with Crippen LogP contribution in [0.4, 0.5) is 0 Å². The van der Waals surface area contributed by atoms with Crippen LogP contribution in [-0.2, 0) is 22.1 Å². The van der Waals surface area contributed by atoms with Crippen molar-refractivity contribution in [2.75, 3.05) is 0 Å². The van der Waals surface area contributed by atoms with E-state index in [1.54, 1.807) is 0 Å². The standard InChI is InChI=1S/C11H10BrClN2O4S/c1-2-10-14-11(19-15-10)6-18-9-4-3-7(5-8(9)12)20(13,16)17/h3-5H,2,6H2,1H3. The maximum absolute atomic E-state index is 11.2. The number of hydrogen-bond donors (Lipinski definition) is 0. The molecule has 0 fully saturated rings. The zero-order chi connectivity index (χ0) is 14.8. The molecule has 6 nitrogen and oxygen atoms in total. The van der Waals surface area contributed by atoms with Crippen LogP contribution in [0.5, 0.6) is 5.75 Å². The minimum atomic E-state index is -3.76. The Hall–Kier alpha value is -1.12. The number of nitrogens with zero attached hydrogens (tertiary/aromatic N) is 2. The lowest BCUT2D eigenvalue weighted by atomic mass is 10.3. The molecule has 2 rings (SSSR count). The van der Waals surface area contributed by atoms with Gasteiger partial charge in [-0.1, -0.05) is 12.1 Å². The number of rotatable bonds is 5. The maximum atomic E-state index is 11.2. The first-order valence-corrected chi connectivity index (χ1v) is 8.69. The predicted octanol–water partition coefficient (Wildman–Crippen LogP) is 2.90. The largest absolute Gasteiger partial charge is 0.483 e. The van der Waals surface area contributed by atoms with E-state index in [2.05, 4.69) is 26.1 Å². The maximum Gasteiger partial charge on any atom is 0.264 e. The molecule has 0 bridgehead atoms. The van der Waals surface area contributed by atoms with E-state index in [0.717, 1.165) is 0 Å². The summed E-state index contributed by atoms with van der Waals surface area (Å²) in [7, 11) is 1.49. The summed E-state index contributed by atoms with van der Waals surface area (Å²) in [6.45, 7) is 2.01. The fraction of sp³-hybridized carbons (Fsp3) is 0.273. The summed E-state index contributed by atoms with van der Waals surface area (Å²) in [5.74, 6) is 1.40. The Balaban J connectivity index is 2.10. The Morgan fingerprint density at radius 3 is 2.75 bits per heavy atom. The van der Waals surface area contributed by atoms with Crippen molar-refractivity contribution in [2.45, 2.75) is 24.8 Å². The van der Waals surface area contributed by atoms with Crippen molar-refractivity contribution in [2.24, 2.45) is 0 Å². The fourth-order valence-electron chi connectivity index (χ4n) is 1.38. The molecule has 0 amide bonds. The Labute approximate surface area is 128 Å². The molecule has 1 aromatic carbocycles. The summed E-state index contributed by atoms with van der Waals surface area (Å²) in [6, 6.07) is 4.22. The van der Waals surface area contributed by atoms with Gasteiger partial charge in [-0.2, -0.15) is 4.98 Å². The zero-order valence-electron chi connectivity index (χ0n) is 10.3. The highest BCUT2D eigenvalue weighted by molar-refractivity contribution is 9.10. The van der Waals surface area contributed by atoms with Crippen LogP contribution in [0.1, 0.15) is 18.6 Å². The molecule has 20 heavy (non-hydrogen) atoms. The Morgan fingerprint density at radius 2 is 2.20 bits per heavy atom. The van der Waals surface area contributed by atoms with Gasteiger partial charge in [0, 0.05) is 17.1 Å². The predicted molar refractivity (Wildman–Crippen MR) is 75.2 cm³/mol. The molecule has 0 spiro atoms. The molecule has 0 saturated heterocycles. The van der Waals surface area contributed by atoms with E-state index >= 15 is 0 Å². The molecular formula is C11H10BrClN2O4S. The quantitative estimate of drug-likeness (QED) is 0.741. The van der Waals surface area contributed by atoms with Gasteiger partial charge >= 0.3 is 0 Å². The van der Waals surface area contributed by atoms with Gasteiger partial charge in [-0.15, -0.1) is 0 Å². The second kappa shape index (κ2) is 6.11. The summed E-state index contributed by atoms with van der Waals surface area (Å²) < 4.78 is 33.3. The van der Waals surface area contributed by atoms with Crippen LogP contribution in [0.3, 0.4) is 0 Å². The van der Waals surface area contributed by atoms with Crippen LogP contribution in [-0.4, -0.2) is 18.6 Å². The molecule has 0 aliphatic heterocycles. The average molecular weight is 382 g/mol. The van der Waals surface area contributed by atoms with Gasteiger partial charge in [-0.25, -0.2) is 8.42 Å². The molecule has 0 aliphatic rings. The van der Waals surface area contributed by atoms with Crippen molar-refractivity contribution in [1.29, 1.82) is 0 Å². The first-order chi connectivity index (χ1) is 9.40. The molecule has 0 radical (unpaired) electrons. The van der Waals surface area contributed by atoms with Gasteiger partial charge < -0.3 is 9.26 Å². The van der Waals surface area contributed by atoms with Gasteiger partial charge in [0.2, 0.25) is 0 Å². The summed E-state index contributed by atoms with van der Waals surface area (Å²) in [6.07, 6.45) is 0.676. The molecular weight excluding hydrogens is 372 g/mol. The Morgan fingerprint density at radius 1 is 1.45 bits per heavy atom. The van der Waals surface area contributed by atoms with Crippen molar-refractivity contribution in [3.63, 3.8) is 0 Å². The van der Waals surface area contributed by atoms with Crippen molar-refractivity contribution in [1.82, 2.24) is 10.1 Å². The summed E-state index contributed by atoms with van der Waals surface area (Å²) in [4.78, 5) is 4.09. The molecule has 1 heterocycles. The zero-order valence-corrected chi connectivity index (χ0v) is 13.5. The third-order valence-electron chi connectivity index (χ3n) is 2.36. The van der Waals surface area contributed by atoms with E-state index in [1.165, 1.54) is 18.2 Å². The van der Waals surface area contributed by atoms with E-state index in [9.17, 15) is 8.42 Å². The van der Waals surface area contributed by atoms with E-state index < -0.39 is 9.05 Å². The first kappa shape index (κ1) is 15.3. The fourth-order valence-corrected chi connectivity index (χ4v) is 2.80. The number of ether oxygens (including phenoxy) is 1. The van der Waals surface area contributed by atoms with Crippen LogP contribution in [0.15, 0.2) is 32.1 Å². The second-order valence-electron chi connectivity index (χ2n) is 3.78. The van der Waals surface area contributed by atoms with E-state index in [1.807, 2.05) is 6.92 Å². The molecule has 0 aliphatic carbocycles. The highest BCUT2D eigenvalue weighted by Crippen LogP contribution is 2.29. The van der Waals surface area contributed by atoms with Crippen LogP contribution >= 0.6 is 26.6 Å². The monoisotopic (exact) mass is 380 g/mol. The molecule has 1 aromatic heterocycles. The normalized spacial score (nSPS) is 11.6. The molecule has 108 valence electrons. The molecule has 0 unspecified atom stereocenters. The van der Waals surface area contributed by atoms with Gasteiger partial charge in [-0.05, 0) is 34.1 Å². The highest BCUT2D eigenvalue weighted by atomic mass is 79.9. The molecule has 2 aromatic rings. The van der Waals surface area contributed by atoms with E-state index in [-0.39, 0.29) is 11.5 Å². The smallest absolute Gasteiger partial charge is 0.264 e. The van der Waals surface area contributed by atoms with Gasteiger partial charge in [0.1, 0.15) is 5.75 Å². The molecule has 0 N–H and O–H groups in total. The number of hydrogen-bond acceptors (Lipinski definition) is 6. The molecule has 0 saturated carbocycles. The van der Waals surface area contributed by atoms with Gasteiger partial charge in [0.15, 0.2) is 12.4 Å². The van der Waals surface area contributed by atoms with Crippen molar-refractivity contribution >= 4 is 35.7 Å². The third-order valence-corrected chi connectivity index (χ3v) is 4.33. The number of benzene rings is 1. The van der Waals surface area contributed by atoms with Gasteiger partial charge in [0.25, 0.3) is 14.9 Å². The highest BCUT2D eigenvalue weighted by Gasteiger charge is 2.13. The van der Waals surface area contributed by atoms with Crippen LogP contribution < -0.4 is 4.74 Å². The number of aromatic nitrogens is 2. The SMILES string of the molecule is CCc1noc(COc2ccc(S(=O)(=O)Cl)cc2Br)n1. The van der Waals surface area contributed by atoms with Gasteiger partial charge in [-0.3, -0.25) is 0 Å². The van der Waals surface area contributed by atoms with Gasteiger partial charge in [0.05, 0.1) is 9.37 Å². The lowest BCUT2D eigenvalue weighted by Crippen LogP contribution is -1.98. The molecule has 0 atom stereocenters. The minimum absolute atomic E-state index is 0.00977. The van der Waals surface area contributed by atoms with E-state index in [4.69, 9.17) is 19.9 Å². The summed E-state index contributed by atoms with van der Waals surface area (Å²) in [5, 5.41) is 3.74. The number of aryl methyl sites for hydroxylation is 1. The first-order valence-electron chi connectivity index (χ1n) is 5.58. The third kappa shape index (κ3) is 3.71. The lowest BCUT2D eigenvalue weighted by molar-refractivity contribution is 0.241. The van der Waals surface area contributed by atoms with Crippen molar-refractivity contribution in [3.05, 3.63) is 34.4 Å². The van der Waals surface area contributed by atoms with E-state index in [0.29, 0.717) is 28.4 Å².